The molecule has 0 aliphatic heterocycles. The molecule has 0 fully saturated rings. The van der Waals surface area contributed by atoms with Gasteiger partial charge in [-0.1, -0.05) is 57.3 Å². The number of allylic oxidation sites excluding steroid dienone is 4. The summed E-state index contributed by atoms with van der Waals surface area (Å²) in [6, 6.07) is 0. The molecule has 29 heavy (non-hydrogen) atoms. The van der Waals surface area contributed by atoms with Crippen LogP contribution >= 0.6 is 0 Å². The van der Waals surface area contributed by atoms with E-state index >= 15 is 0 Å². The van der Waals surface area contributed by atoms with Crippen LogP contribution in [0.2, 0.25) is 0 Å². The van der Waals surface area contributed by atoms with E-state index in [-0.39, 0.29) is 25.0 Å². The minimum atomic E-state index is -0.982. The summed E-state index contributed by atoms with van der Waals surface area (Å²) < 4.78 is 9.57. The molecule has 0 aromatic rings. The number of hydrogen-bond acceptors (Lipinski definition) is 6. The second kappa shape index (κ2) is 19.4. The van der Waals surface area contributed by atoms with Crippen LogP contribution in [0.1, 0.15) is 84.5 Å². The molecule has 0 saturated heterocycles. The Balaban J connectivity index is 3.51. The van der Waals surface area contributed by atoms with Crippen molar-refractivity contribution in [3.8, 4) is 0 Å². The zero-order valence-corrected chi connectivity index (χ0v) is 18.1. The van der Waals surface area contributed by atoms with Gasteiger partial charge in [0.25, 0.3) is 0 Å². The summed E-state index contributed by atoms with van der Waals surface area (Å²) in [5.74, 6) is -0.624. The molecule has 0 unspecified atom stereocenters. The summed E-state index contributed by atoms with van der Waals surface area (Å²) in [4.78, 5) is 33.7. The van der Waals surface area contributed by atoms with Gasteiger partial charge < -0.3 is 14.6 Å². The molecule has 1 atom stereocenters. The van der Waals surface area contributed by atoms with Gasteiger partial charge in [0.1, 0.15) is 19.3 Å². The molecule has 0 heterocycles. The van der Waals surface area contributed by atoms with Crippen molar-refractivity contribution in [3.05, 3.63) is 24.3 Å². The summed E-state index contributed by atoms with van der Waals surface area (Å²) in [6.45, 7) is 3.06. The monoisotopic (exact) mass is 410 g/mol. The highest BCUT2D eigenvalue weighted by atomic mass is 16.6. The Morgan fingerprint density at radius 1 is 0.862 bits per heavy atom. The smallest absolute Gasteiger partial charge is 0.305 e. The van der Waals surface area contributed by atoms with E-state index in [1.165, 1.54) is 6.92 Å². The summed E-state index contributed by atoms with van der Waals surface area (Å²) in [5.41, 5.74) is 0. The third kappa shape index (κ3) is 20.6. The molecule has 0 spiro atoms. The number of carbonyl (C=O) groups is 3. The van der Waals surface area contributed by atoms with E-state index in [4.69, 9.17) is 4.74 Å². The minimum Gasteiger partial charge on any atom is -0.463 e. The molecule has 6 nitrogen and oxygen atoms in total. The van der Waals surface area contributed by atoms with Gasteiger partial charge in [-0.3, -0.25) is 14.4 Å². The lowest BCUT2D eigenvalue weighted by atomic mass is 10.1. The van der Waals surface area contributed by atoms with Crippen molar-refractivity contribution in [2.45, 2.75) is 90.6 Å². The van der Waals surface area contributed by atoms with Gasteiger partial charge in [-0.05, 0) is 31.8 Å². The van der Waals surface area contributed by atoms with Gasteiger partial charge in [-0.15, -0.1) is 0 Å². The Kier molecular flexibility index (Phi) is 18.1. The van der Waals surface area contributed by atoms with E-state index < -0.39 is 12.1 Å². The standard InChI is InChI=1S/C23H38O6/c1-3-4-12-15-21(25)16-13-10-8-6-5-7-9-11-14-17-23(27)29-19-22(26)18-28-20(2)24/h8,10,13,16,22,26H,3-7,9,11-12,14-15,17-19H2,1-2H3/b10-8-,16-13+/t22-/m1/s1. The molecular formula is C23H38O6. The molecule has 0 amide bonds. The predicted octanol–water partition coefficient (Wildman–Crippen LogP) is 4.45. The Labute approximate surface area is 175 Å². The molecule has 0 bridgehead atoms. The van der Waals surface area contributed by atoms with Crippen molar-refractivity contribution in [2.75, 3.05) is 13.2 Å². The maximum Gasteiger partial charge on any atom is 0.305 e. The first-order valence-corrected chi connectivity index (χ1v) is 10.8. The first-order chi connectivity index (χ1) is 14.0. The van der Waals surface area contributed by atoms with Crippen LogP contribution in [0.3, 0.4) is 0 Å². The number of rotatable bonds is 18. The van der Waals surface area contributed by atoms with Crippen molar-refractivity contribution in [1.82, 2.24) is 0 Å². The van der Waals surface area contributed by atoms with Gasteiger partial charge in [0, 0.05) is 19.8 Å². The van der Waals surface area contributed by atoms with Crippen LogP contribution in [0.4, 0.5) is 0 Å². The topological polar surface area (TPSA) is 89.9 Å². The highest BCUT2D eigenvalue weighted by Crippen LogP contribution is 2.08. The molecule has 0 aliphatic rings. The maximum atomic E-state index is 11.6. The van der Waals surface area contributed by atoms with E-state index in [1.54, 1.807) is 6.08 Å². The fourth-order valence-corrected chi connectivity index (χ4v) is 2.56. The van der Waals surface area contributed by atoms with Gasteiger partial charge in [-0.2, -0.15) is 0 Å². The van der Waals surface area contributed by atoms with E-state index in [0.717, 1.165) is 57.8 Å². The van der Waals surface area contributed by atoms with Gasteiger partial charge in [0.05, 0.1) is 0 Å². The Bertz CT molecular complexity index is 509. The number of aliphatic hydroxyl groups is 1. The molecular weight excluding hydrogens is 372 g/mol. The maximum absolute atomic E-state index is 11.6. The molecule has 0 aromatic carbocycles. The zero-order valence-electron chi connectivity index (χ0n) is 18.1. The third-order valence-corrected chi connectivity index (χ3v) is 4.22. The second-order valence-corrected chi connectivity index (χ2v) is 7.16. The predicted molar refractivity (Wildman–Crippen MR) is 113 cm³/mol. The van der Waals surface area contributed by atoms with Crippen molar-refractivity contribution in [3.63, 3.8) is 0 Å². The highest BCUT2D eigenvalue weighted by Gasteiger charge is 2.10. The Hall–Kier alpha value is -1.95. The summed E-state index contributed by atoms with van der Waals surface area (Å²) in [5, 5.41) is 9.48. The van der Waals surface area contributed by atoms with Crippen LogP contribution in [-0.4, -0.2) is 42.1 Å². The molecule has 0 radical (unpaired) electrons. The number of hydrogen-bond donors (Lipinski definition) is 1. The van der Waals surface area contributed by atoms with E-state index in [2.05, 4.69) is 17.7 Å². The normalized spacial score (nSPS) is 12.4. The van der Waals surface area contributed by atoms with Gasteiger partial charge >= 0.3 is 11.9 Å². The molecule has 166 valence electrons. The number of ether oxygens (including phenoxy) is 2. The SMILES string of the molecule is CCCCCC(=O)/C=C/C=C\CCCCCCCC(=O)OC[C@H](O)COC(C)=O. The Morgan fingerprint density at radius 2 is 1.52 bits per heavy atom. The fourth-order valence-electron chi connectivity index (χ4n) is 2.56. The van der Waals surface area contributed by atoms with Crippen LogP contribution in [-0.2, 0) is 23.9 Å². The van der Waals surface area contributed by atoms with E-state index in [0.29, 0.717) is 12.8 Å². The van der Waals surface area contributed by atoms with Crippen molar-refractivity contribution in [2.24, 2.45) is 0 Å². The lowest BCUT2D eigenvalue weighted by molar-refractivity contribution is -0.151. The molecule has 0 rings (SSSR count). The van der Waals surface area contributed by atoms with Crippen molar-refractivity contribution < 1.29 is 29.0 Å². The zero-order chi connectivity index (χ0) is 21.7. The first-order valence-electron chi connectivity index (χ1n) is 10.8. The highest BCUT2D eigenvalue weighted by molar-refractivity contribution is 5.89. The minimum absolute atomic E-state index is 0.156. The number of unbranched alkanes of at least 4 members (excludes halogenated alkanes) is 7. The van der Waals surface area contributed by atoms with Gasteiger partial charge in [0.15, 0.2) is 5.78 Å². The van der Waals surface area contributed by atoms with Crippen LogP contribution in [0.5, 0.6) is 0 Å². The summed E-state index contributed by atoms with van der Waals surface area (Å²) in [7, 11) is 0. The van der Waals surface area contributed by atoms with Crippen LogP contribution in [0.15, 0.2) is 24.3 Å². The molecule has 1 N–H and O–H groups in total. The fraction of sp³-hybridized carbons (Fsp3) is 0.696. The second-order valence-electron chi connectivity index (χ2n) is 7.16. The van der Waals surface area contributed by atoms with Crippen molar-refractivity contribution >= 4 is 17.7 Å². The number of aliphatic hydroxyl groups excluding tert-OH is 1. The average molecular weight is 411 g/mol. The van der Waals surface area contributed by atoms with E-state index in [1.807, 2.05) is 12.2 Å². The lowest BCUT2D eigenvalue weighted by Crippen LogP contribution is -2.24. The lowest BCUT2D eigenvalue weighted by Gasteiger charge is -2.11. The Morgan fingerprint density at radius 3 is 2.24 bits per heavy atom. The van der Waals surface area contributed by atoms with Crippen LogP contribution < -0.4 is 0 Å². The van der Waals surface area contributed by atoms with Gasteiger partial charge in [0.2, 0.25) is 0 Å². The first kappa shape index (κ1) is 27.0. The van der Waals surface area contributed by atoms with Crippen molar-refractivity contribution in [1.29, 1.82) is 0 Å². The van der Waals surface area contributed by atoms with Gasteiger partial charge in [-0.25, -0.2) is 0 Å². The molecule has 0 aliphatic carbocycles. The third-order valence-electron chi connectivity index (χ3n) is 4.22. The van der Waals surface area contributed by atoms with E-state index in [9.17, 15) is 19.5 Å². The summed E-state index contributed by atoms with van der Waals surface area (Å²) in [6.07, 6.45) is 16.6. The average Bonchev–Trinajstić information content (AvgIpc) is 2.69. The number of esters is 2. The van der Waals surface area contributed by atoms with Crippen LogP contribution in [0.25, 0.3) is 0 Å². The molecule has 0 aromatic heterocycles. The number of carbonyl (C=O) groups excluding carboxylic acids is 3. The summed E-state index contributed by atoms with van der Waals surface area (Å²) >= 11 is 0. The quantitative estimate of drug-likeness (QED) is 0.155. The number of ketones is 1. The van der Waals surface area contributed by atoms with Crippen LogP contribution in [0, 0.1) is 0 Å². The molecule has 6 heteroatoms. The largest absolute Gasteiger partial charge is 0.463 e. The molecule has 0 saturated carbocycles.